The third kappa shape index (κ3) is 3.02. The molecule has 0 saturated heterocycles. The van der Waals surface area contributed by atoms with Crippen LogP contribution in [-0.2, 0) is 12.8 Å². The minimum atomic E-state index is -0.175. The van der Waals surface area contributed by atoms with Crippen LogP contribution in [-0.4, -0.2) is 33.3 Å². The maximum atomic E-state index is 11.5. The van der Waals surface area contributed by atoms with Gasteiger partial charge in [-0.2, -0.15) is 5.10 Å². The number of nitrogens with zero attached hydrogens (tertiary/aromatic N) is 3. The first kappa shape index (κ1) is 15.8. The fourth-order valence-electron chi connectivity index (χ4n) is 3.19. The van der Waals surface area contributed by atoms with Gasteiger partial charge in [-0.3, -0.25) is 4.79 Å². The summed E-state index contributed by atoms with van der Waals surface area (Å²) >= 11 is 6.25. The Kier molecular flexibility index (Phi) is 4.01. The molecular weight excluding hydrogens is 342 g/mol. The Morgan fingerprint density at radius 1 is 1.32 bits per heavy atom. The van der Waals surface area contributed by atoms with Crippen LogP contribution in [0.15, 0.2) is 29.3 Å². The molecule has 1 aliphatic carbocycles. The predicted molar refractivity (Wildman–Crippen MR) is 95.4 cm³/mol. The summed E-state index contributed by atoms with van der Waals surface area (Å²) in [6.07, 6.45) is 3.95. The zero-order chi connectivity index (χ0) is 17.4. The normalized spacial score (nSPS) is 16.5. The van der Waals surface area contributed by atoms with Crippen LogP contribution in [0.25, 0.3) is 10.9 Å². The van der Waals surface area contributed by atoms with Crippen LogP contribution in [0.3, 0.4) is 0 Å². The van der Waals surface area contributed by atoms with Gasteiger partial charge in [-0.15, -0.1) is 0 Å². The van der Waals surface area contributed by atoms with Crippen molar-refractivity contribution in [1.82, 2.24) is 20.2 Å². The summed E-state index contributed by atoms with van der Waals surface area (Å²) in [4.78, 5) is 20.1. The Hall–Kier alpha value is -2.67. The van der Waals surface area contributed by atoms with Crippen molar-refractivity contribution < 1.29 is 4.74 Å². The highest BCUT2D eigenvalue weighted by molar-refractivity contribution is 6.33. The van der Waals surface area contributed by atoms with Crippen LogP contribution in [0, 0.1) is 0 Å². The van der Waals surface area contributed by atoms with Gasteiger partial charge in [-0.05, 0) is 30.9 Å². The van der Waals surface area contributed by atoms with Gasteiger partial charge in [0, 0.05) is 23.6 Å². The fourth-order valence-corrected chi connectivity index (χ4v) is 3.43. The molecule has 1 aromatic carbocycles. The summed E-state index contributed by atoms with van der Waals surface area (Å²) in [6, 6.07) is 5.39. The maximum absolute atomic E-state index is 11.5. The highest BCUT2D eigenvalue weighted by Crippen LogP contribution is 2.32. The van der Waals surface area contributed by atoms with Gasteiger partial charge < -0.3 is 10.1 Å². The second kappa shape index (κ2) is 6.33. The molecule has 2 heterocycles. The highest BCUT2D eigenvalue weighted by atomic mass is 35.5. The minimum Gasteiger partial charge on any atom is -0.495 e. The molecule has 2 N–H and O–H groups in total. The number of halogens is 1. The van der Waals surface area contributed by atoms with Gasteiger partial charge in [-0.25, -0.2) is 15.1 Å². The number of hydrogen-bond donors (Lipinski definition) is 2. The van der Waals surface area contributed by atoms with Crippen molar-refractivity contribution in [2.45, 2.75) is 25.3 Å². The van der Waals surface area contributed by atoms with E-state index in [9.17, 15) is 4.79 Å². The molecule has 0 spiro atoms. The van der Waals surface area contributed by atoms with Gasteiger partial charge in [0.05, 0.1) is 23.3 Å². The van der Waals surface area contributed by atoms with Gasteiger partial charge in [0.1, 0.15) is 17.9 Å². The van der Waals surface area contributed by atoms with E-state index in [4.69, 9.17) is 16.3 Å². The third-order valence-electron chi connectivity index (χ3n) is 4.42. The lowest BCUT2D eigenvalue weighted by atomic mass is 9.92. The summed E-state index contributed by atoms with van der Waals surface area (Å²) in [5.41, 5.74) is 2.52. The smallest absolute Gasteiger partial charge is 0.264 e. The number of benzene rings is 1. The molecule has 2 aromatic heterocycles. The number of hydrogen-bond acceptors (Lipinski definition) is 6. The zero-order valence-electron chi connectivity index (χ0n) is 13.5. The second-order valence-electron chi connectivity index (χ2n) is 6.01. The van der Waals surface area contributed by atoms with Crippen molar-refractivity contribution in [1.29, 1.82) is 0 Å². The van der Waals surface area contributed by atoms with Crippen LogP contribution in [0.4, 0.5) is 5.82 Å². The molecule has 4 rings (SSSR count). The third-order valence-corrected chi connectivity index (χ3v) is 4.72. The molecule has 0 amide bonds. The lowest BCUT2D eigenvalue weighted by molar-refractivity contribution is 0.415. The van der Waals surface area contributed by atoms with Crippen LogP contribution >= 0.6 is 11.6 Å². The second-order valence-corrected chi connectivity index (χ2v) is 6.42. The SMILES string of the molecule is COc1cc2ncnc(NC3CCc4n[nH]c(=O)cc4C3)c2cc1Cl. The number of H-pyrrole nitrogens is 1. The molecular formula is C17H16ClN5O2. The van der Waals surface area contributed by atoms with Crippen LogP contribution in [0.1, 0.15) is 17.7 Å². The lowest BCUT2D eigenvalue weighted by Gasteiger charge is -2.25. The van der Waals surface area contributed by atoms with Crippen molar-refractivity contribution in [3.05, 3.63) is 51.2 Å². The van der Waals surface area contributed by atoms with Crippen molar-refractivity contribution in [2.24, 2.45) is 0 Å². The van der Waals surface area contributed by atoms with E-state index in [0.29, 0.717) is 10.8 Å². The van der Waals surface area contributed by atoms with Gasteiger partial charge in [-0.1, -0.05) is 11.6 Å². The monoisotopic (exact) mass is 357 g/mol. The van der Waals surface area contributed by atoms with E-state index >= 15 is 0 Å². The molecule has 0 saturated carbocycles. The number of ether oxygens (including phenoxy) is 1. The Morgan fingerprint density at radius 3 is 3.04 bits per heavy atom. The van der Waals surface area contributed by atoms with E-state index in [-0.39, 0.29) is 11.6 Å². The molecule has 8 heteroatoms. The van der Waals surface area contributed by atoms with E-state index in [1.54, 1.807) is 25.3 Å². The Bertz CT molecular complexity index is 1000. The first-order valence-electron chi connectivity index (χ1n) is 7.96. The number of methoxy groups -OCH3 is 1. The van der Waals surface area contributed by atoms with Crippen molar-refractivity contribution in [2.75, 3.05) is 12.4 Å². The maximum Gasteiger partial charge on any atom is 0.264 e. The first-order valence-corrected chi connectivity index (χ1v) is 8.34. The molecule has 7 nitrogen and oxygen atoms in total. The van der Waals surface area contributed by atoms with E-state index in [1.807, 2.05) is 0 Å². The molecule has 3 aromatic rings. The highest BCUT2D eigenvalue weighted by Gasteiger charge is 2.21. The molecule has 128 valence electrons. The Labute approximate surface area is 148 Å². The van der Waals surface area contributed by atoms with Crippen molar-refractivity contribution in [3.8, 4) is 5.75 Å². The Morgan fingerprint density at radius 2 is 2.20 bits per heavy atom. The van der Waals surface area contributed by atoms with Crippen molar-refractivity contribution >= 4 is 28.3 Å². The molecule has 0 aliphatic heterocycles. The lowest BCUT2D eigenvalue weighted by Crippen LogP contribution is -2.30. The average Bonchev–Trinajstić information content (AvgIpc) is 2.61. The summed E-state index contributed by atoms with van der Waals surface area (Å²) in [5.74, 6) is 1.30. The number of aromatic amines is 1. The fraction of sp³-hybridized carbons (Fsp3) is 0.294. The van der Waals surface area contributed by atoms with E-state index in [2.05, 4.69) is 25.5 Å². The first-order chi connectivity index (χ1) is 12.1. The standard InChI is InChI=1S/C17H16ClN5O2/c1-25-15-7-14-11(6-12(15)18)17(20-8-19-14)21-10-2-3-13-9(4-10)5-16(24)23-22-13/h5-8,10H,2-4H2,1H3,(H,23,24)(H,19,20,21). The molecule has 1 aliphatic rings. The van der Waals surface area contributed by atoms with Gasteiger partial charge in [0.25, 0.3) is 5.56 Å². The van der Waals surface area contributed by atoms with Crippen LogP contribution in [0.5, 0.6) is 5.75 Å². The molecule has 1 unspecified atom stereocenters. The van der Waals surface area contributed by atoms with Crippen LogP contribution < -0.4 is 15.6 Å². The topological polar surface area (TPSA) is 92.8 Å². The zero-order valence-corrected chi connectivity index (χ0v) is 14.3. The number of aryl methyl sites for hydroxylation is 1. The number of rotatable bonds is 3. The predicted octanol–water partition coefficient (Wildman–Crippen LogP) is 2.34. The molecule has 25 heavy (non-hydrogen) atoms. The Balaban J connectivity index is 1.65. The molecule has 0 bridgehead atoms. The average molecular weight is 358 g/mol. The van der Waals surface area contributed by atoms with Crippen molar-refractivity contribution in [3.63, 3.8) is 0 Å². The number of aromatic nitrogens is 4. The van der Waals surface area contributed by atoms with Gasteiger partial charge >= 0.3 is 0 Å². The van der Waals surface area contributed by atoms with E-state index in [0.717, 1.165) is 47.2 Å². The number of fused-ring (bicyclic) bond motifs is 2. The molecule has 0 radical (unpaired) electrons. The number of nitrogens with one attached hydrogen (secondary N) is 2. The molecule has 1 atom stereocenters. The van der Waals surface area contributed by atoms with Gasteiger partial charge in [0.2, 0.25) is 0 Å². The largest absolute Gasteiger partial charge is 0.495 e. The number of anilines is 1. The quantitative estimate of drug-likeness (QED) is 0.747. The van der Waals surface area contributed by atoms with E-state index in [1.165, 1.54) is 6.33 Å². The van der Waals surface area contributed by atoms with E-state index < -0.39 is 0 Å². The van der Waals surface area contributed by atoms with Gasteiger partial charge in [0.15, 0.2) is 0 Å². The van der Waals surface area contributed by atoms with Crippen LogP contribution in [0.2, 0.25) is 5.02 Å². The molecule has 0 fully saturated rings. The summed E-state index contributed by atoms with van der Waals surface area (Å²) in [6.45, 7) is 0. The minimum absolute atomic E-state index is 0.162. The summed E-state index contributed by atoms with van der Waals surface area (Å²) < 4.78 is 5.24. The summed E-state index contributed by atoms with van der Waals surface area (Å²) in [5, 5.41) is 11.4. The summed E-state index contributed by atoms with van der Waals surface area (Å²) in [7, 11) is 1.57.